The lowest BCUT2D eigenvalue weighted by Gasteiger charge is -2.12. The summed E-state index contributed by atoms with van der Waals surface area (Å²) in [6.07, 6.45) is 3.95. The van der Waals surface area contributed by atoms with E-state index in [1.54, 1.807) is 6.26 Å². The van der Waals surface area contributed by atoms with Crippen LogP contribution in [0.5, 0.6) is 0 Å². The molecule has 0 aliphatic heterocycles. The molecule has 0 spiro atoms. The molecule has 1 aromatic heterocycles. The van der Waals surface area contributed by atoms with Gasteiger partial charge < -0.3 is 9.84 Å². The second-order valence-electron chi connectivity index (χ2n) is 5.09. The Kier molecular flexibility index (Phi) is 2.62. The van der Waals surface area contributed by atoms with Gasteiger partial charge in [-0.2, -0.15) is 0 Å². The van der Waals surface area contributed by atoms with Crippen molar-refractivity contribution in [2.45, 2.75) is 32.6 Å². The lowest BCUT2D eigenvalue weighted by molar-refractivity contribution is 0.408. The normalized spacial score (nSPS) is 17.8. The minimum atomic E-state index is 0.375. The van der Waals surface area contributed by atoms with Gasteiger partial charge in [0, 0.05) is 13.0 Å². The molecular weight excluding hydrogens is 224 g/mol. The SMILES string of the molecule is CNc1conc1C1CCc2cc(C)c(C)cc21. The van der Waals surface area contributed by atoms with Crippen molar-refractivity contribution in [1.29, 1.82) is 0 Å². The van der Waals surface area contributed by atoms with Crippen LogP contribution in [-0.4, -0.2) is 12.2 Å². The number of anilines is 1. The maximum absolute atomic E-state index is 5.11. The van der Waals surface area contributed by atoms with E-state index in [1.165, 1.54) is 22.3 Å². The topological polar surface area (TPSA) is 38.1 Å². The fraction of sp³-hybridized carbons (Fsp3) is 0.400. The Bertz CT molecular complexity index is 586. The quantitative estimate of drug-likeness (QED) is 0.877. The summed E-state index contributed by atoms with van der Waals surface area (Å²) in [5.41, 5.74) is 7.67. The lowest BCUT2D eigenvalue weighted by Crippen LogP contribution is -2.01. The molecule has 0 bridgehead atoms. The fourth-order valence-electron chi connectivity index (χ4n) is 2.86. The van der Waals surface area contributed by atoms with E-state index in [-0.39, 0.29) is 0 Å². The minimum absolute atomic E-state index is 0.375. The Morgan fingerprint density at radius 3 is 2.83 bits per heavy atom. The molecule has 0 fully saturated rings. The fourth-order valence-corrected chi connectivity index (χ4v) is 2.86. The van der Waals surface area contributed by atoms with E-state index in [0.717, 1.165) is 24.2 Å². The molecule has 0 amide bonds. The maximum Gasteiger partial charge on any atom is 0.147 e. The smallest absolute Gasteiger partial charge is 0.147 e. The Hall–Kier alpha value is -1.77. The van der Waals surface area contributed by atoms with Crippen LogP contribution >= 0.6 is 0 Å². The van der Waals surface area contributed by atoms with Gasteiger partial charge >= 0.3 is 0 Å². The van der Waals surface area contributed by atoms with Gasteiger partial charge in [-0.05, 0) is 48.9 Å². The van der Waals surface area contributed by atoms with E-state index in [4.69, 9.17) is 4.52 Å². The molecule has 0 saturated heterocycles. The molecule has 1 atom stereocenters. The third-order valence-corrected chi connectivity index (χ3v) is 4.03. The first-order valence-electron chi connectivity index (χ1n) is 6.42. The van der Waals surface area contributed by atoms with E-state index >= 15 is 0 Å². The molecule has 0 radical (unpaired) electrons. The Morgan fingerprint density at radius 1 is 1.28 bits per heavy atom. The zero-order chi connectivity index (χ0) is 12.7. The molecule has 0 saturated carbocycles. The third-order valence-electron chi connectivity index (χ3n) is 4.03. The highest BCUT2D eigenvalue weighted by molar-refractivity contribution is 5.53. The Labute approximate surface area is 107 Å². The van der Waals surface area contributed by atoms with Crippen molar-refractivity contribution in [3.8, 4) is 0 Å². The van der Waals surface area contributed by atoms with Crippen LogP contribution in [0.25, 0.3) is 0 Å². The molecule has 1 heterocycles. The van der Waals surface area contributed by atoms with Gasteiger partial charge in [0.15, 0.2) is 0 Å². The van der Waals surface area contributed by atoms with E-state index in [0.29, 0.717) is 5.92 Å². The number of rotatable bonds is 2. The van der Waals surface area contributed by atoms with E-state index in [1.807, 2.05) is 7.05 Å². The van der Waals surface area contributed by atoms with Crippen molar-refractivity contribution in [2.24, 2.45) is 0 Å². The second-order valence-corrected chi connectivity index (χ2v) is 5.09. The van der Waals surface area contributed by atoms with Crippen LogP contribution in [0.3, 0.4) is 0 Å². The molecule has 3 rings (SSSR count). The molecule has 1 N–H and O–H groups in total. The molecule has 18 heavy (non-hydrogen) atoms. The summed E-state index contributed by atoms with van der Waals surface area (Å²) in [4.78, 5) is 0. The number of nitrogens with zero attached hydrogens (tertiary/aromatic N) is 1. The first-order chi connectivity index (χ1) is 8.70. The van der Waals surface area contributed by atoms with Crippen molar-refractivity contribution >= 4 is 5.69 Å². The van der Waals surface area contributed by atoms with Gasteiger partial charge in [0.05, 0.1) is 5.69 Å². The molecule has 1 aliphatic rings. The second kappa shape index (κ2) is 4.16. The summed E-state index contributed by atoms with van der Waals surface area (Å²) >= 11 is 0. The number of fused-ring (bicyclic) bond motifs is 1. The molecular formula is C15H18N2O. The van der Waals surface area contributed by atoms with Crippen LogP contribution in [0.2, 0.25) is 0 Å². The van der Waals surface area contributed by atoms with Gasteiger partial charge in [0.25, 0.3) is 0 Å². The van der Waals surface area contributed by atoms with Crippen LogP contribution in [0.4, 0.5) is 5.69 Å². The van der Waals surface area contributed by atoms with Crippen LogP contribution in [0.15, 0.2) is 22.9 Å². The molecule has 3 heteroatoms. The first-order valence-corrected chi connectivity index (χ1v) is 6.42. The highest BCUT2D eigenvalue weighted by Crippen LogP contribution is 2.41. The lowest BCUT2D eigenvalue weighted by atomic mass is 9.94. The summed E-state index contributed by atoms with van der Waals surface area (Å²) < 4.78 is 5.11. The number of aromatic nitrogens is 1. The highest BCUT2D eigenvalue weighted by atomic mass is 16.5. The number of aryl methyl sites for hydroxylation is 3. The van der Waals surface area contributed by atoms with Crippen LogP contribution in [0.1, 0.15) is 40.3 Å². The third kappa shape index (κ3) is 1.62. The Morgan fingerprint density at radius 2 is 2.06 bits per heavy atom. The minimum Gasteiger partial charge on any atom is -0.384 e. The standard InChI is InChI=1S/C15H18N2O/c1-9-6-11-4-5-12(13(11)7-10(9)2)15-14(16-3)8-18-17-15/h6-8,12,16H,4-5H2,1-3H3. The zero-order valence-corrected chi connectivity index (χ0v) is 11.1. The van der Waals surface area contributed by atoms with E-state index in [9.17, 15) is 0 Å². The molecule has 1 aliphatic carbocycles. The van der Waals surface area contributed by atoms with Crippen LogP contribution < -0.4 is 5.32 Å². The molecule has 94 valence electrons. The van der Waals surface area contributed by atoms with Gasteiger partial charge in [-0.1, -0.05) is 17.3 Å². The van der Waals surface area contributed by atoms with Crippen LogP contribution in [-0.2, 0) is 6.42 Å². The van der Waals surface area contributed by atoms with Crippen LogP contribution in [0, 0.1) is 13.8 Å². The maximum atomic E-state index is 5.11. The van der Waals surface area contributed by atoms with Gasteiger partial charge in [-0.15, -0.1) is 0 Å². The molecule has 3 nitrogen and oxygen atoms in total. The van der Waals surface area contributed by atoms with Crippen molar-refractivity contribution in [1.82, 2.24) is 5.16 Å². The van der Waals surface area contributed by atoms with Crippen molar-refractivity contribution in [3.05, 3.63) is 46.3 Å². The van der Waals surface area contributed by atoms with Gasteiger partial charge in [0.2, 0.25) is 0 Å². The molecule has 1 aromatic carbocycles. The summed E-state index contributed by atoms with van der Waals surface area (Å²) in [5.74, 6) is 0.375. The van der Waals surface area contributed by atoms with Crippen molar-refractivity contribution in [2.75, 3.05) is 12.4 Å². The Balaban J connectivity index is 2.07. The number of nitrogens with one attached hydrogen (secondary N) is 1. The summed E-state index contributed by atoms with van der Waals surface area (Å²) in [6.45, 7) is 4.35. The first kappa shape index (κ1) is 11.3. The van der Waals surface area contributed by atoms with Gasteiger partial charge in [0.1, 0.15) is 12.0 Å². The number of hydrogen-bond acceptors (Lipinski definition) is 3. The number of benzene rings is 1. The van der Waals surface area contributed by atoms with E-state index in [2.05, 4.69) is 36.5 Å². The number of hydrogen-bond donors (Lipinski definition) is 1. The summed E-state index contributed by atoms with van der Waals surface area (Å²) in [6, 6.07) is 4.64. The average Bonchev–Trinajstić information content (AvgIpc) is 2.95. The highest BCUT2D eigenvalue weighted by Gasteiger charge is 2.28. The predicted molar refractivity (Wildman–Crippen MR) is 72.1 cm³/mol. The predicted octanol–water partition coefficient (Wildman–Crippen LogP) is 3.41. The van der Waals surface area contributed by atoms with Crippen molar-refractivity contribution < 1.29 is 4.52 Å². The largest absolute Gasteiger partial charge is 0.384 e. The monoisotopic (exact) mass is 242 g/mol. The zero-order valence-electron chi connectivity index (χ0n) is 11.1. The van der Waals surface area contributed by atoms with Gasteiger partial charge in [-0.3, -0.25) is 0 Å². The van der Waals surface area contributed by atoms with Crippen molar-refractivity contribution in [3.63, 3.8) is 0 Å². The molecule has 1 unspecified atom stereocenters. The summed E-state index contributed by atoms with van der Waals surface area (Å²) in [7, 11) is 1.91. The van der Waals surface area contributed by atoms with Gasteiger partial charge in [-0.25, -0.2) is 0 Å². The average molecular weight is 242 g/mol. The summed E-state index contributed by atoms with van der Waals surface area (Å²) in [5, 5.41) is 7.34. The van der Waals surface area contributed by atoms with E-state index < -0.39 is 0 Å². The molecule has 2 aromatic rings.